The Kier molecular flexibility index (Phi) is 4.03. The van der Waals surface area contributed by atoms with E-state index in [1.807, 2.05) is 0 Å². The Balaban J connectivity index is 2.33. The number of halogens is 1. The molecule has 0 heterocycles. The lowest BCUT2D eigenvalue weighted by molar-refractivity contribution is 0.170. The van der Waals surface area contributed by atoms with Gasteiger partial charge >= 0.3 is 0 Å². The molecule has 1 atom stereocenters. The molecule has 0 bridgehead atoms. The molecule has 1 saturated carbocycles. The summed E-state index contributed by atoms with van der Waals surface area (Å²) in [6.45, 7) is 6.55. The highest BCUT2D eigenvalue weighted by molar-refractivity contribution is 6.31. The maximum atomic E-state index is 6.54. The van der Waals surface area contributed by atoms with Crippen LogP contribution in [-0.2, 0) is 0 Å². The first-order chi connectivity index (χ1) is 8.44. The van der Waals surface area contributed by atoms with Crippen molar-refractivity contribution in [1.29, 1.82) is 0 Å². The third-order valence-electron chi connectivity index (χ3n) is 4.69. The zero-order valence-electron chi connectivity index (χ0n) is 11.7. The first kappa shape index (κ1) is 13.9. The number of aryl methyl sites for hydroxylation is 2. The van der Waals surface area contributed by atoms with Crippen molar-refractivity contribution in [3.63, 3.8) is 0 Å². The van der Waals surface area contributed by atoms with Crippen LogP contribution in [0, 0.1) is 19.3 Å². The van der Waals surface area contributed by atoms with Gasteiger partial charge in [-0.15, -0.1) is 0 Å². The second-order valence-electron chi connectivity index (χ2n) is 6.15. The lowest BCUT2D eigenvalue weighted by atomic mass is 9.69. The first-order valence-electron chi connectivity index (χ1n) is 6.96. The van der Waals surface area contributed by atoms with Gasteiger partial charge in [0.15, 0.2) is 0 Å². The largest absolute Gasteiger partial charge is 0.323 e. The van der Waals surface area contributed by atoms with E-state index in [-0.39, 0.29) is 11.5 Å². The van der Waals surface area contributed by atoms with Crippen molar-refractivity contribution in [3.8, 4) is 0 Å². The average Bonchev–Trinajstić information content (AvgIpc) is 2.34. The van der Waals surface area contributed by atoms with Gasteiger partial charge in [-0.3, -0.25) is 0 Å². The molecule has 0 saturated heterocycles. The number of benzene rings is 1. The summed E-state index contributed by atoms with van der Waals surface area (Å²) in [7, 11) is 0. The molecule has 2 rings (SSSR count). The summed E-state index contributed by atoms with van der Waals surface area (Å²) in [6, 6.07) is 4.30. The van der Waals surface area contributed by atoms with E-state index >= 15 is 0 Å². The molecule has 2 N–H and O–H groups in total. The number of hydrogen-bond donors (Lipinski definition) is 1. The summed E-state index contributed by atoms with van der Waals surface area (Å²) < 4.78 is 0. The van der Waals surface area contributed by atoms with Gasteiger partial charge in [0.2, 0.25) is 0 Å². The molecule has 1 aromatic rings. The SMILES string of the molecule is Cc1cc(Cl)c(C(N)C2(C)CCCCC2)cc1C. The Bertz CT molecular complexity index is 433. The smallest absolute Gasteiger partial charge is 0.0456 e. The van der Waals surface area contributed by atoms with Crippen molar-refractivity contribution in [3.05, 3.63) is 33.8 Å². The molecule has 0 spiro atoms. The lowest BCUT2D eigenvalue weighted by Crippen LogP contribution is -2.34. The molecule has 1 fully saturated rings. The van der Waals surface area contributed by atoms with Crippen LogP contribution in [0.25, 0.3) is 0 Å². The molecule has 100 valence electrons. The summed E-state index contributed by atoms with van der Waals surface area (Å²) in [5.74, 6) is 0. The Morgan fingerprint density at radius 2 is 1.67 bits per heavy atom. The Morgan fingerprint density at radius 3 is 2.28 bits per heavy atom. The van der Waals surface area contributed by atoms with Crippen molar-refractivity contribution < 1.29 is 0 Å². The van der Waals surface area contributed by atoms with Crippen molar-refractivity contribution in [2.45, 2.75) is 58.9 Å². The van der Waals surface area contributed by atoms with E-state index in [0.717, 1.165) is 10.6 Å². The summed E-state index contributed by atoms with van der Waals surface area (Å²) in [5, 5.41) is 0.831. The molecular weight excluding hydrogens is 242 g/mol. The first-order valence-corrected chi connectivity index (χ1v) is 7.34. The molecular formula is C16H24ClN. The van der Waals surface area contributed by atoms with E-state index in [9.17, 15) is 0 Å². The standard InChI is InChI=1S/C16H24ClN/c1-11-9-13(14(17)10-12(11)2)15(18)16(3)7-5-4-6-8-16/h9-10,15H,4-8,18H2,1-3H3. The molecule has 1 nitrogen and oxygen atoms in total. The molecule has 0 aliphatic heterocycles. The van der Waals surface area contributed by atoms with Gasteiger partial charge in [0.25, 0.3) is 0 Å². The van der Waals surface area contributed by atoms with E-state index in [2.05, 4.69) is 32.9 Å². The van der Waals surface area contributed by atoms with E-state index in [0.29, 0.717) is 0 Å². The fourth-order valence-electron chi connectivity index (χ4n) is 3.09. The van der Waals surface area contributed by atoms with Crippen molar-refractivity contribution >= 4 is 11.6 Å². The predicted molar refractivity (Wildman–Crippen MR) is 79.0 cm³/mol. The van der Waals surface area contributed by atoms with E-state index in [4.69, 9.17) is 17.3 Å². The van der Waals surface area contributed by atoms with Gasteiger partial charge in [0, 0.05) is 11.1 Å². The highest BCUT2D eigenvalue weighted by Crippen LogP contribution is 2.46. The predicted octanol–water partition coefficient (Wildman–Crippen LogP) is 4.93. The summed E-state index contributed by atoms with van der Waals surface area (Å²) in [6.07, 6.45) is 6.39. The van der Waals surface area contributed by atoms with Crippen LogP contribution in [0.3, 0.4) is 0 Å². The molecule has 18 heavy (non-hydrogen) atoms. The van der Waals surface area contributed by atoms with Crippen molar-refractivity contribution in [1.82, 2.24) is 0 Å². The van der Waals surface area contributed by atoms with Crippen molar-refractivity contribution in [2.24, 2.45) is 11.1 Å². The van der Waals surface area contributed by atoms with Crippen LogP contribution in [0.2, 0.25) is 5.02 Å². The van der Waals surface area contributed by atoms with Crippen LogP contribution in [0.5, 0.6) is 0 Å². The fraction of sp³-hybridized carbons (Fsp3) is 0.625. The Morgan fingerprint density at radius 1 is 1.11 bits per heavy atom. The van der Waals surface area contributed by atoms with E-state index in [1.54, 1.807) is 0 Å². The second kappa shape index (κ2) is 5.22. The minimum Gasteiger partial charge on any atom is -0.323 e. The maximum absolute atomic E-state index is 6.54. The van der Waals surface area contributed by atoms with Gasteiger partial charge in [-0.1, -0.05) is 43.9 Å². The molecule has 2 heteroatoms. The quantitative estimate of drug-likeness (QED) is 0.806. The minimum absolute atomic E-state index is 0.0598. The van der Waals surface area contributed by atoms with Crippen LogP contribution in [-0.4, -0.2) is 0 Å². The van der Waals surface area contributed by atoms with Crippen LogP contribution >= 0.6 is 11.6 Å². The topological polar surface area (TPSA) is 26.0 Å². The highest BCUT2D eigenvalue weighted by Gasteiger charge is 2.35. The summed E-state index contributed by atoms with van der Waals surface area (Å²) >= 11 is 6.40. The van der Waals surface area contributed by atoms with Crippen LogP contribution in [0.15, 0.2) is 12.1 Å². The molecule has 1 unspecified atom stereocenters. The summed E-state index contributed by atoms with van der Waals surface area (Å²) in [5.41, 5.74) is 10.4. The lowest BCUT2D eigenvalue weighted by Gasteiger charge is -2.39. The zero-order valence-corrected chi connectivity index (χ0v) is 12.5. The summed E-state index contributed by atoms with van der Waals surface area (Å²) in [4.78, 5) is 0. The molecule has 0 amide bonds. The maximum Gasteiger partial charge on any atom is 0.0456 e. The molecule has 1 aliphatic rings. The van der Waals surface area contributed by atoms with Gasteiger partial charge in [-0.05, 0) is 54.9 Å². The Labute approximate surface area is 116 Å². The molecule has 1 aromatic carbocycles. The van der Waals surface area contributed by atoms with Gasteiger partial charge < -0.3 is 5.73 Å². The van der Waals surface area contributed by atoms with Crippen molar-refractivity contribution in [2.75, 3.05) is 0 Å². The van der Waals surface area contributed by atoms with Gasteiger partial charge in [0.05, 0.1) is 0 Å². The van der Waals surface area contributed by atoms with E-state index < -0.39 is 0 Å². The van der Waals surface area contributed by atoms with Crippen LogP contribution < -0.4 is 5.73 Å². The third kappa shape index (κ3) is 2.57. The van der Waals surface area contributed by atoms with Gasteiger partial charge in [0.1, 0.15) is 0 Å². The average molecular weight is 266 g/mol. The minimum atomic E-state index is 0.0598. The number of hydrogen-bond acceptors (Lipinski definition) is 1. The molecule has 0 radical (unpaired) electrons. The zero-order chi connectivity index (χ0) is 13.3. The van der Waals surface area contributed by atoms with Crippen LogP contribution in [0.4, 0.5) is 0 Å². The fourth-order valence-corrected chi connectivity index (χ4v) is 3.42. The van der Waals surface area contributed by atoms with E-state index in [1.165, 1.54) is 43.2 Å². The molecule has 0 aromatic heterocycles. The van der Waals surface area contributed by atoms with Crippen LogP contribution in [0.1, 0.15) is 61.8 Å². The monoisotopic (exact) mass is 265 g/mol. The normalized spacial score (nSPS) is 20.7. The number of rotatable bonds is 2. The number of nitrogens with two attached hydrogens (primary N) is 1. The van der Waals surface area contributed by atoms with Gasteiger partial charge in [-0.2, -0.15) is 0 Å². The Hall–Kier alpha value is -0.530. The molecule has 1 aliphatic carbocycles. The van der Waals surface area contributed by atoms with Gasteiger partial charge in [-0.25, -0.2) is 0 Å². The highest BCUT2D eigenvalue weighted by atomic mass is 35.5. The second-order valence-corrected chi connectivity index (χ2v) is 6.56. The third-order valence-corrected chi connectivity index (χ3v) is 5.02.